The summed E-state index contributed by atoms with van der Waals surface area (Å²) in [6.07, 6.45) is 2.25. The van der Waals surface area contributed by atoms with Crippen molar-refractivity contribution in [3.05, 3.63) is 64.6 Å². The fourth-order valence-corrected chi connectivity index (χ4v) is 2.98. The zero-order chi connectivity index (χ0) is 18.1. The molecular weight excluding hydrogens is 332 g/mol. The van der Waals surface area contributed by atoms with Gasteiger partial charge in [0.1, 0.15) is 12.4 Å². The van der Waals surface area contributed by atoms with Crippen molar-refractivity contribution in [1.29, 1.82) is 0 Å². The van der Waals surface area contributed by atoms with Crippen LogP contribution in [0.2, 0.25) is 0 Å². The molecule has 3 aromatic heterocycles. The number of carbonyl (C=O) groups excluding carboxylic acids is 1. The molecule has 0 aliphatic rings. The largest absolute Gasteiger partial charge is 0.354 e. The van der Waals surface area contributed by atoms with Crippen LogP contribution in [0, 0.1) is 6.92 Å². The van der Waals surface area contributed by atoms with E-state index < -0.39 is 0 Å². The molecule has 0 aliphatic heterocycles. The van der Waals surface area contributed by atoms with Gasteiger partial charge in [0, 0.05) is 19.2 Å². The number of H-pyrrole nitrogens is 1. The molecule has 8 nitrogen and oxygen atoms in total. The van der Waals surface area contributed by atoms with E-state index in [4.69, 9.17) is 0 Å². The van der Waals surface area contributed by atoms with Crippen molar-refractivity contribution in [2.24, 2.45) is 0 Å². The molecule has 0 bridgehead atoms. The minimum atomic E-state index is -0.331. The molecule has 0 aliphatic carbocycles. The molecule has 4 rings (SSSR count). The Bertz CT molecular complexity index is 1120. The van der Waals surface area contributed by atoms with E-state index in [1.807, 2.05) is 37.3 Å². The minimum absolute atomic E-state index is 0.117. The van der Waals surface area contributed by atoms with E-state index in [-0.39, 0.29) is 18.1 Å². The third-order valence-corrected chi connectivity index (χ3v) is 4.23. The van der Waals surface area contributed by atoms with Gasteiger partial charge < -0.3 is 10.3 Å². The van der Waals surface area contributed by atoms with Crippen molar-refractivity contribution < 1.29 is 4.79 Å². The van der Waals surface area contributed by atoms with Crippen LogP contribution in [0.4, 0.5) is 0 Å². The first-order chi connectivity index (χ1) is 12.6. The topological polar surface area (TPSA) is 97.1 Å². The van der Waals surface area contributed by atoms with Crippen molar-refractivity contribution in [3.63, 3.8) is 0 Å². The molecule has 0 unspecified atom stereocenters. The first-order valence-corrected chi connectivity index (χ1v) is 8.37. The van der Waals surface area contributed by atoms with Crippen LogP contribution in [-0.2, 0) is 17.8 Å². The van der Waals surface area contributed by atoms with E-state index in [1.54, 1.807) is 12.3 Å². The van der Waals surface area contributed by atoms with Crippen LogP contribution in [-0.4, -0.2) is 36.6 Å². The van der Waals surface area contributed by atoms with E-state index >= 15 is 0 Å². The molecule has 0 atom stereocenters. The van der Waals surface area contributed by atoms with E-state index in [0.717, 1.165) is 22.4 Å². The maximum absolute atomic E-state index is 12.3. The molecule has 2 N–H and O–H groups in total. The van der Waals surface area contributed by atoms with Crippen molar-refractivity contribution in [2.45, 2.75) is 19.9 Å². The number of aromatic nitrogens is 5. The SMILES string of the molecule is Cc1nn(CC(=O)NCCc2nc3ccccc3[nH]2)c(=O)n2cccc12. The maximum Gasteiger partial charge on any atom is 0.349 e. The van der Waals surface area contributed by atoms with Gasteiger partial charge in [0.2, 0.25) is 5.91 Å². The number of rotatable bonds is 5. The number of nitrogens with one attached hydrogen (secondary N) is 2. The second-order valence-corrected chi connectivity index (χ2v) is 6.09. The molecule has 0 saturated heterocycles. The summed E-state index contributed by atoms with van der Waals surface area (Å²) in [6.45, 7) is 2.12. The second kappa shape index (κ2) is 6.47. The molecule has 0 saturated carbocycles. The minimum Gasteiger partial charge on any atom is -0.354 e. The van der Waals surface area contributed by atoms with E-state index in [2.05, 4.69) is 20.4 Å². The molecule has 0 spiro atoms. The summed E-state index contributed by atoms with van der Waals surface area (Å²) in [5, 5.41) is 7.02. The number of imidazole rings is 1. The Morgan fingerprint density at radius 3 is 2.92 bits per heavy atom. The smallest absolute Gasteiger partial charge is 0.349 e. The summed E-state index contributed by atoms with van der Waals surface area (Å²) in [5.74, 6) is 0.549. The van der Waals surface area contributed by atoms with Crippen LogP contribution in [0.15, 0.2) is 47.4 Å². The first kappa shape index (κ1) is 16.1. The third-order valence-electron chi connectivity index (χ3n) is 4.23. The third kappa shape index (κ3) is 2.97. The lowest BCUT2D eigenvalue weighted by Crippen LogP contribution is -2.37. The summed E-state index contributed by atoms with van der Waals surface area (Å²) >= 11 is 0. The summed E-state index contributed by atoms with van der Waals surface area (Å²) in [4.78, 5) is 32.2. The molecule has 3 heterocycles. The van der Waals surface area contributed by atoms with E-state index in [1.165, 1.54) is 9.08 Å². The molecule has 8 heteroatoms. The number of aryl methyl sites for hydroxylation is 1. The lowest BCUT2D eigenvalue weighted by Gasteiger charge is -2.08. The maximum atomic E-state index is 12.3. The summed E-state index contributed by atoms with van der Waals surface area (Å²) in [6, 6.07) is 11.4. The highest BCUT2D eigenvalue weighted by molar-refractivity contribution is 5.76. The molecule has 1 amide bonds. The number of hydrogen-bond donors (Lipinski definition) is 2. The Labute approximate surface area is 148 Å². The number of para-hydroxylation sites is 2. The van der Waals surface area contributed by atoms with Gasteiger partial charge in [0.05, 0.1) is 22.2 Å². The Balaban J connectivity index is 1.40. The van der Waals surface area contributed by atoms with Crippen molar-refractivity contribution >= 4 is 22.5 Å². The number of fused-ring (bicyclic) bond motifs is 2. The zero-order valence-electron chi connectivity index (χ0n) is 14.3. The van der Waals surface area contributed by atoms with Crippen LogP contribution in [0.25, 0.3) is 16.6 Å². The van der Waals surface area contributed by atoms with Gasteiger partial charge in [-0.15, -0.1) is 0 Å². The van der Waals surface area contributed by atoms with Crippen LogP contribution in [0.1, 0.15) is 11.5 Å². The van der Waals surface area contributed by atoms with Gasteiger partial charge in [-0.25, -0.2) is 14.5 Å². The quantitative estimate of drug-likeness (QED) is 0.562. The monoisotopic (exact) mass is 350 g/mol. The lowest BCUT2D eigenvalue weighted by atomic mass is 10.3. The number of nitrogens with zero attached hydrogens (tertiary/aromatic N) is 4. The van der Waals surface area contributed by atoms with Gasteiger partial charge in [-0.3, -0.25) is 9.20 Å². The molecule has 26 heavy (non-hydrogen) atoms. The zero-order valence-corrected chi connectivity index (χ0v) is 14.3. The Morgan fingerprint density at radius 1 is 1.23 bits per heavy atom. The predicted octanol–water partition coefficient (Wildman–Crippen LogP) is 1.04. The Kier molecular flexibility index (Phi) is 4.00. The summed E-state index contributed by atoms with van der Waals surface area (Å²) in [5.41, 5.74) is 2.99. The van der Waals surface area contributed by atoms with Crippen LogP contribution in [0.5, 0.6) is 0 Å². The normalized spacial score (nSPS) is 11.3. The second-order valence-electron chi connectivity index (χ2n) is 6.09. The van der Waals surface area contributed by atoms with Crippen molar-refractivity contribution in [1.82, 2.24) is 29.5 Å². The van der Waals surface area contributed by atoms with Crippen LogP contribution >= 0.6 is 0 Å². The lowest BCUT2D eigenvalue weighted by molar-refractivity contribution is -0.121. The highest BCUT2D eigenvalue weighted by Crippen LogP contribution is 2.10. The highest BCUT2D eigenvalue weighted by atomic mass is 16.2. The van der Waals surface area contributed by atoms with E-state index in [9.17, 15) is 9.59 Å². The Hall–Kier alpha value is -3.42. The average Bonchev–Trinajstić information content (AvgIpc) is 3.26. The Morgan fingerprint density at radius 2 is 2.08 bits per heavy atom. The number of benzene rings is 1. The number of hydrogen-bond acceptors (Lipinski definition) is 4. The van der Waals surface area contributed by atoms with Gasteiger partial charge in [-0.1, -0.05) is 12.1 Å². The fraction of sp³-hybridized carbons (Fsp3) is 0.222. The number of amides is 1. The summed E-state index contributed by atoms with van der Waals surface area (Å²) in [7, 11) is 0. The van der Waals surface area contributed by atoms with Crippen LogP contribution in [0.3, 0.4) is 0 Å². The molecule has 1 aromatic carbocycles. The molecule has 4 aromatic rings. The van der Waals surface area contributed by atoms with Crippen molar-refractivity contribution in [2.75, 3.05) is 6.54 Å². The first-order valence-electron chi connectivity index (χ1n) is 8.37. The highest BCUT2D eigenvalue weighted by Gasteiger charge is 2.10. The average molecular weight is 350 g/mol. The van der Waals surface area contributed by atoms with E-state index in [0.29, 0.717) is 18.7 Å². The fourth-order valence-electron chi connectivity index (χ4n) is 2.98. The van der Waals surface area contributed by atoms with Gasteiger partial charge in [-0.2, -0.15) is 5.10 Å². The van der Waals surface area contributed by atoms with Gasteiger partial charge in [0.25, 0.3) is 0 Å². The predicted molar refractivity (Wildman–Crippen MR) is 97.0 cm³/mol. The molecule has 0 fully saturated rings. The van der Waals surface area contributed by atoms with Crippen molar-refractivity contribution in [3.8, 4) is 0 Å². The van der Waals surface area contributed by atoms with Crippen LogP contribution < -0.4 is 11.0 Å². The molecular formula is C18H18N6O2. The van der Waals surface area contributed by atoms with Gasteiger partial charge in [-0.05, 0) is 31.2 Å². The van der Waals surface area contributed by atoms with Gasteiger partial charge in [0.15, 0.2) is 0 Å². The molecule has 0 radical (unpaired) electrons. The summed E-state index contributed by atoms with van der Waals surface area (Å²) < 4.78 is 2.67. The number of aromatic amines is 1. The standard InChI is InChI=1S/C18H18N6O2/c1-12-15-7-4-10-23(15)18(26)24(22-12)11-17(25)19-9-8-16-20-13-5-2-3-6-14(13)21-16/h2-7,10H,8-9,11H2,1H3,(H,19,25)(H,20,21). The van der Waals surface area contributed by atoms with Gasteiger partial charge >= 0.3 is 5.69 Å². The molecule has 132 valence electrons. The number of carbonyl (C=O) groups is 1.